The van der Waals surface area contributed by atoms with Gasteiger partial charge < -0.3 is 16.0 Å². The van der Waals surface area contributed by atoms with Gasteiger partial charge in [0.2, 0.25) is 5.91 Å². The van der Waals surface area contributed by atoms with Gasteiger partial charge in [0.1, 0.15) is 0 Å². The molecule has 6 heteroatoms. The van der Waals surface area contributed by atoms with Gasteiger partial charge in [-0.05, 0) is 47.6 Å². The molecule has 3 N–H and O–H groups in total. The molecule has 1 aliphatic rings. The Morgan fingerprint density at radius 3 is 2.71 bits per heavy atom. The second kappa shape index (κ2) is 9.60. The highest BCUT2D eigenvalue weighted by Crippen LogP contribution is 2.25. The number of nitrogens with two attached hydrogens (primary N) is 1. The average Bonchev–Trinajstić information content (AvgIpc) is 2.69. The summed E-state index contributed by atoms with van der Waals surface area (Å²) in [5.74, 6) is 0.929. The Kier molecular flexibility index (Phi) is 6.93. The quantitative estimate of drug-likeness (QED) is 0.596. The van der Waals surface area contributed by atoms with Crippen molar-refractivity contribution in [2.75, 3.05) is 20.1 Å². The number of likely N-dealkylation sites (tertiary alicyclic amines) is 1. The predicted octanol–water partition coefficient (Wildman–Crippen LogP) is 3.67. The molecule has 0 saturated carbocycles. The van der Waals surface area contributed by atoms with Crippen LogP contribution in [0.25, 0.3) is 11.1 Å². The fourth-order valence-electron chi connectivity index (χ4n) is 3.80. The van der Waals surface area contributed by atoms with E-state index in [-0.39, 0.29) is 5.91 Å². The number of aliphatic imine (C=N–C) groups is 1. The number of nitrogens with one attached hydrogen (secondary N) is 1. The van der Waals surface area contributed by atoms with Crippen LogP contribution < -0.4 is 11.1 Å². The Labute approximate surface area is 171 Å². The molecule has 0 spiro atoms. The molecule has 1 aliphatic heterocycles. The van der Waals surface area contributed by atoms with Crippen molar-refractivity contribution in [3.8, 4) is 11.1 Å². The molecule has 5 nitrogen and oxygen atoms in total. The molecule has 0 aromatic heterocycles. The number of amides is 1. The number of nitrogens with zero attached hydrogens (tertiary/aromatic N) is 2. The number of guanidine groups is 1. The van der Waals surface area contributed by atoms with Gasteiger partial charge in [-0.1, -0.05) is 48.0 Å². The zero-order chi connectivity index (χ0) is 19.9. The van der Waals surface area contributed by atoms with E-state index < -0.39 is 0 Å². The van der Waals surface area contributed by atoms with E-state index in [1.165, 1.54) is 11.1 Å². The lowest BCUT2D eigenvalue weighted by molar-refractivity contribution is -0.119. The maximum absolute atomic E-state index is 11.3. The van der Waals surface area contributed by atoms with Gasteiger partial charge in [-0.3, -0.25) is 9.79 Å². The van der Waals surface area contributed by atoms with Gasteiger partial charge in [0.05, 0.1) is 0 Å². The van der Waals surface area contributed by atoms with Gasteiger partial charge in [0, 0.05) is 38.1 Å². The van der Waals surface area contributed by atoms with Gasteiger partial charge in [-0.15, -0.1) is 0 Å². The molecule has 2 aromatic rings. The molecule has 3 rings (SSSR count). The Morgan fingerprint density at radius 2 is 2.00 bits per heavy atom. The first-order valence-electron chi connectivity index (χ1n) is 9.64. The Balaban J connectivity index is 1.69. The monoisotopic (exact) mass is 398 g/mol. The van der Waals surface area contributed by atoms with Crippen LogP contribution in [0.3, 0.4) is 0 Å². The minimum absolute atomic E-state index is 0.230. The minimum atomic E-state index is -0.230. The topological polar surface area (TPSA) is 70.7 Å². The lowest BCUT2D eigenvalue weighted by atomic mass is 9.95. The van der Waals surface area contributed by atoms with E-state index in [0.29, 0.717) is 18.9 Å². The van der Waals surface area contributed by atoms with Crippen LogP contribution in [0.4, 0.5) is 0 Å². The van der Waals surface area contributed by atoms with Crippen molar-refractivity contribution in [3.05, 3.63) is 59.1 Å². The number of hydrogen-bond donors (Lipinski definition) is 2. The van der Waals surface area contributed by atoms with Crippen molar-refractivity contribution < 1.29 is 4.79 Å². The maximum Gasteiger partial charge on any atom is 0.217 e. The van der Waals surface area contributed by atoms with E-state index in [0.717, 1.165) is 42.5 Å². The summed E-state index contributed by atoms with van der Waals surface area (Å²) in [6.07, 6.45) is 2.52. The Hall–Kier alpha value is -2.53. The van der Waals surface area contributed by atoms with Crippen LogP contribution >= 0.6 is 11.6 Å². The van der Waals surface area contributed by atoms with Gasteiger partial charge in [0.15, 0.2) is 5.96 Å². The highest BCUT2D eigenvalue weighted by Gasteiger charge is 2.23. The summed E-state index contributed by atoms with van der Waals surface area (Å²) in [5.41, 5.74) is 8.88. The van der Waals surface area contributed by atoms with Gasteiger partial charge in [0.25, 0.3) is 0 Å². The highest BCUT2D eigenvalue weighted by atomic mass is 35.5. The number of primary amides is 1. The molecule has 1 fully saturated rings. The lowest BCUT2D eigenvalue weighted by Gasteiger charge is -2.34. The molecule has 1 saturated heterocycles. The smallest absolute Gasteiger partial charge is 0.217 e. The normalized spacial score (nSPS) is 17.4. The molecule has 1 amide bonds. The summed E-state index contributed by atoms with van der Waals surface area (Å²) in [4.78, 5) is 17.9. The van der Waals surface area contributed by atoms with Crippen molar-refractivity contribution in [1.29, 1.82) is 0 Å². The van der Waals surface area contributed by atoms with E-state index in [9.17, 15) is 4.79 Å². The van der Waals surface area contributed by atoms with Crippen LogP contribution in [0.1, 0.15) is 24.8 Å². The lowest BCUT2D eigenvalue weighted by Crippen LogP contribution is -2.46. The maximum atomic E-state index is 11.3. The molecular weight excluding hydrogens is 372 g/mol. The standard InChI is InChI=1S/C22H27ClN4O/c1-25-22(27-12-4-5-16(15-27)13-21(24)28)26-14-18-6-2-3-7-20(18)17-8-10-19(23)11-9-17/h2-3,6-11,16H,4-5,12-15H2,1H3,(H2,24,28)(H,25,26). The van der Waals surface area contributed by atoms with Crippen LogP contribution in [0, 0.1) is 5.92 Å². The largest absolute Gasteiger partial charge is 0.370 e. The number of benzene rings is 2. The number of carbonyl (C=O) groups is 1. The SMILES string of the molecule is CN=C(NCc1ccccc1-c1ccc(Cl)cc1)N1CCCC(CC(N)=O)C1. The zero-order valence-electron chi connectivity index (χ0n) is 16.2. The van der Waals surface area contributed by atoms with E-state index in [4.69, 9.17) is 17.3 Å². The molecular formula is C22H27ClN4O. The van der Waals surface area contributed by atoms with E-state index in [1.54, 1.807) is 7.05 Å². The second-order valence-corrected chi connectivity index (χ2v) is 7.63. The number of piperidine rings is 1. The van der Waals surface area contributed by atoms with Crippen LogP contribution in [0.15, 0.2) is 53.5 Å². The average molecular weight is 399 g/mol. The third kappa shape index (κ3) is 5.26. The minimum Gasteiger partial charge on any atom is -0.370 e. The fourth-order valence-corrected chi connectivity index (χ4v) is 3.93. The van der Waals surface area contributed by atoms with Crippen LogP contribution in [-0.2, 0) is 11.3 Å². The van der Waals surface area contributed by atoms with E-state index in [1.807, 2.05) is 36.4 Å². The van der Waals surface area contributed by atoms with Crippen molar-refractivity contribution in [2.24, 2.45) is 16.6 Å². The number of hydrogen-bond acceptors (Lipinski definition) is 2. The number of halogens is 1. The van der Waals surface area contributed by atoms with Crippen molar-refractivity contribution in [2.45, 2.75) is 25.8 Å². The summed E-state index contributed by atoms with van der Waals surface area (Å²) < 4.78 is 0. The molecule has 2 aromatic carbocycles. The highest BCUT2D eigenvalue weighted by molar-refractivity contribution is 6.30. The first-order valence-corrected chi connectivity index (χ1v) is 10.0. The Bertz CT molecular complexity index is 835. The van der Waals surface area contributed by atoms with Crippen molar-refractivity contribution in [1.82, 2.24) is 10.2 Å². The summed E-state index contributed by atoms with van der Waals surface area (Å²) >= 11 is 6.03. The zero-order valence-corrected chi connectivity index (χ0v) is 17.0. The van der Waals surface area contributed by atoms with Gasteiger partial charge >= 0.3 is 0 Å². The molecule has 28 heavy (non-hydrogen) atoms. The Morgan fingerprint density at radius 1 is 1.25 bits per heavy atom. The molecule has 0 bridgehead atoms. The summed E-state index contributed by atoms with van der Waals surface area (Å²) in [5, 5.41) is 4.22. The van der Waals surface area contributed by atoms with Crippen molar-refractivity contribution >= 4 is 23.5 Å². The molecule has 1 atom stereocenters. The number of rotatable bonds is 5. The number of carbonyl (C=O) groups excluding carboxylic acids is 1. The van der Waals surface area contributed by atoms with Crippen LogP contribution in [0.5, 0.6) is 0 Å². The van der Waals surface area contributed by atoms with Crippen LogP contribution in [-0.4, -0.2) is 36.9 Å². The van der Waals surface area contributed by atoms with Gasteiger partial charge in [-0.2, -0.15) is 0 Å². The van der Waals surface area contributed by atoms with Crippen molar-refractivity contribution in [3.63, 3.8) is 0 Å². The fraction of sp³-hybridized carbons (Fsp3) is 0.364. The van der Waals surface area contributed by atoms with E-state index in [2.05, 4.69) is 27.3 Å². The predicted molar refractivity (Wildman–Crippen MR) is 115 cm³/mol. The van der Waals surface area contributed by atoms with Gasteiger partial charge in [-0.25, -0.2) is 0 Å². The molecule has 0 aliphatic carbocycles. The first kappa shape index (κ1) is 20.2. The van der Waals surface area contributed by atoms with E-state index >= 15 is 0 Å². The summed E-state index contributed by atoms with van der Waals surface area (Å²) in [6.45, 7) is 2.41. The third-order valence-electron chi connectivity index (χ3n) is 5.13. The second-order valence-electron chi connectivity index (χ2n) is 7.19. The molecule has 1 heterocycles. The summed E-state index contributed by atoms with van der Waals surface area (Å²) in [7, 11) is 1.80. The molecule has 148 valence electrons. The first-order chi connectivity index (χ1) is 13.6. The summed E-state index contributed by atoms with van der Waals surface area (Å²) in [6, 6.07) is 16.2. The third-order valence-corrected chi connectivity index (χ3v) is 5.38. The van der Waals surface area contributed by atoms with Crippen LogP contribution in [0.2, 0.25) is 5.02 Å². The molecule has 1 unspecified atom stereocenters. The molecule has 0 radical (unpaired) electrons.